The molecule has 2 aromatic heterocycles. The van der Waals surface area contributed by atoms with Crippen LogP contribution in [0.5, 0.6) is 0 Å². The Labute approximate surface area is 111 Å². The van der Waals surface area contributed by atoms with Gasteiger partial charge in [0.25, 0.3) is 0 Å². The van der Waals surface area contributed by atoms with E-state index in [0.717, 1.165) is 23.2 Å². The zero-order valence-electron chi connectivity index (χ0n) is 10.9. The van der Waals surface area contributed by atoms with E-state index in [-0.39, 0.29) is 0 Å². The number of aryl methyl sites for hydroxylation is 2. The number of rotatable bonds is 2. The Balaban J connectivity index is 2.28. The van der Waals surface area contributed by atoms with Crippen LogP contribution in [-0.2, 0) is 0 Å². The first-order valence-corrected chi connectivity index (χ1v) is 6.20. The van der Waals surface area contributed by atoms with E-state index in [4.69, 9.17) is 0 Å². The molecule has 0 unspecified atom stereocenters. The van der Waals surface area contributed by atoms with Gasteiger partial charge in [-0.25, -0.2) is 4.98 Å². The third-order valence-electron chi connectivity index (χ3n) is 3.37. The molecule has 3 heteroatoms. The second kappa shape index (κ2) is 4.35. The standard InChI is InChI=1S/C16H14N2O/c1-11-5-7-13(8-6-11)15-12(2)18-9-3-4-14(10-19)16(18)17-15/h3-10H,1-2H3. The topological polar surface area (TPSA) is 34.4 Å². The molecule has 94 valence electrons. The number of nitrogens with zero attached hydrogens (tertiary/aromatic N) is 2. The Kier molecular flexibility index (Phi) is 2.67. The maximum Gasteiger partial charge on any atom is 0.153 e. The van der Waals surface area contributed by atoms with Crippen molar-refractivity contribution in [2.45, 2.75) is 13.8 Å². The van der Waals surface area contributed by atoms with Crippen molar-refractivity contribution >= 4 is 11.9 Å². The molecule has 0 aliphatic heterocycles. The van der Waals surface area contributed by atoms with Gasteiger partial charge < -0.3 is 4.40 Å². The minimum Gasteiger partial charge on any atom is -0.303 e. The predicted octanol–water partition coefficient (Wildman–Crippen LogP) is 3.43. The number of fused-ring (bicyclic) bond motifs is 1. The van der Waals surface area contributed by atoms with Gasteiger partial charge in [-0.2, -0.15) is 0 Å². The van der Waals surface area contributed by atoms with Gasteiger partial charge >= 0.3 is 0 Å². The Morgan fingerprint density at radius 2 is 1.84 bits per heavy atom. The van der Waals surface area contributed by atoms with Gasteiger partial charge in [0, 0.05) is 17.5 Å². The highest BCUT2D eigenvalue weighted by molar-refractivity contribution is 5.85. The second-order valence-electron chi connectivity index (χ2n) is 4.69. The molecule has 0 spiro atoms. The third kappa shape index (κ3) is 1.83. The van der Waals surface area contributed by atoms with Gasteiger partial charge in [-0.05, 0) is 26.0 Å². The Hall–Kier alpha value is -2.42. The normalized spacial score (nSPS) is 10.8. The number of aldehydes is 1. The van der Waals surface area contributed by atoms with E-state index in [1.165, 1.54) is 5.56 Å². The molecule has 0 atom stereocenters. The lowest BCUT2D eigenvalue weighted by Crippen LogP contribution is -1.91. The SMILES string of the molecule is Cc1ccc(-c2nc3c(C=O)cccn3c2C)cc1. The molecule has 0 saturated carbocycles. The highest BCUT2D eigenvalue weighted by Gasteiger charge is 2.12. The molecule has 3 nitrogen and oxygen atoms in total. The fraction of sp³-hybridized carbons (Fsp3) is 0.125. The maximum atomic E-state index is 11.1. The first-order chi connectivity index (χ1) is 9.20. The van der Waals surface area contributed by atoms with E-state index in [1.807, 2.05) is 23.6 Å². The van der Waals surface area contributed by atoms with Crippen LogP contribution in [0.2, 0.25) is 0 Å². The smallest absolute Gasteiger partial charge is 0.153 e. The number of benzene rings is 1. The summed E-state index contributed by atoms with van der Waals surface area (Å²) in [5, 5.41) is 0. The van der Waals surface area contributed by atoms with Crippen LogP contribution >= 0.6 is 0 Å². The Morgan fingerprint density at radius 3 is 2.53 bits per heavy atom. The number of aromatic nitrogens is 2. The third-order valence-corrected chi connectivity index (χ3v) is 3.37. The van der Waals surface area contributed by atoms with Crippen molar-refractivity contribution in [3.05, 3.63) is 59.4 Å². The highest BCUT2D eigenvalue weighted by Crippen LogP contribution is 2.25. The number of hydrogen-bond acceptors (Lipinski definition) is 2. The van der Waals surface area contributed by atoms with Gasteiger partial charge in [0.1, 0.15) is 5.65 Å². The van der Waals surface area contributed by atoms with Gasteiger partial charge in [0.15, 0.2) is 6.29 Å². The van der Waals surface area contributed by atoms with E-state index in [9.17, 15) is 4.79 Å². The monoisotopic (exact) mass is 250 g/mol. The van der Waals surface area contributed by atoms with E-state index in [1.54, 1.807) is 6.07 Å². The largest absolute Gasteiger partial charge is 0.303 e. The van der Waals surface area contributed by atoms with Crippen LogP contribution in [0.1, 0.15) is 21.6 Å². The van der Waals surface area contributed by atoms with E-state index in [2.05, 4.69) is 36.2 Å². The molecule has 0 bridgehead atoms. The Bertz CT molecular complexity index is 754. The molecule has 0 aliphatic carbocycles. The average Bonchev–Trinajstić information content (AvgIpc) is 2.77. The van der Waals surface area contributed by atoms with Gasteiger partial charge in [0.2, 0.25) is 0 Å². The first kappa shape index (κ1) is 11.7. The van der Waals surface area contributed by atoms with Crippen molar-refractivity contribution in [1.29, 1.82) is 0 Å². The van der Waals surface area contributed by atoms with Gasteiger partial charge in [-0.1, -0.05) is 29.8 Å². The number of carbonyl (C=O) groups excluding carboxylic acids is 1. The van der Waals surface area contributed by atoms with Crippen LogP contribution in [0.15, 0.2) is 42.6 Å². The number of hydrogen-bond donors (Lipinski definition) is 0. The van der Waals surface area contributed by atoms with Crippen LogP contribution in [0.3, 0.4) is 0 Å². The zero-order valence-corrected chi connectivity index (χ0v) is 10.9. The zero-order chi connectivity index (χ0) is 13.4. The lowest BCUT2D eigenvalue weighted by Gasteiger charge is -2.00. The summed E-state index contributed by atoms with van der Waals surface area (Å²) in [6, 6.07) is 11.9. The first-order valence-electron chi connectivity index (χ1n) is 6.20. The molecule has 3 rings (SSSR count). The van der Waals surface area contributed by atoms with E-state index in [0.29, 0.717) is 11.2 Å². The molecule has 19 heavy (non-hydrogen) atoms. The van der Waals surface area contributed by atoms with Crippen LogP contribution in [0.4, 0.5) is 0 Å². The molecular formula is C16H14N2O. The van der Waals surface area contributed by atoms with Crippen molar-refractivity contribution in [3.63, 3.8) is 0 Å². The van der Waals surface area contributed by atoms with Gasteiger partial charge in [-0.3, -0.25) is 4.79 Å². The van der Waals surface area contributed by atoms with Crippen molar-refractivity contribution in [2.75, 3.05) is 0 Å². The van der Waals surface area contributed by atoms with Gasteiger partial charge in [-0.15, -0.1) is 0 Å². The maximum absolute atomic E-state index is 11.1. The summed E-state index contributed by atoms with van der Waals surface area (Å²) in [4.78, 5) is 15.7. The summed E-state index contributed by atoms with van der Waals surface area (Å²) in [6.07, 6.45) is 2.78. The average molecular weight is 250 g/mol. The lowest BCUT2D eigenvalue weighted by molar-refractivity contribution is 0.112. The molecule has 0 N–H and O–H groups in total. The number of imidazole rings is 1. The second-order valence-corrected chi connectivity index (χ2v) is 4.69. The molecule has 0 fully saturated rings. The summed E-state index contributed by atoms with van der Waals surface area (Å²) >= 11 is 0. The fourth-order valence-electron chi connectivity index (χ4n) is 2.28. The Morgan fingerprint density at radius 1 is 1.11 bits per heavy atom. The minimum absolute atomic E-state index is 0.615. The summed E-state index contributed by atoms with van der Waals surface area (Å²) < 4.78 is 1.96. The van der Waals surface area contributed by atoms with Crippen molar-refractivity contribution in [2.24, 2.45) is 0 Å². The molecule has 1 aromatic carbocycles. The number of pyridine rings is 1. The highest BCUT2D eigenvalue weighted by atomic mass is 16.1. The summed E-state index contributed by atoms with van der Waals surface area (Å²) in [6.45, 7) is 4.08. The van der Waals surface area contributed by atoms with Crippen LogP contribution < -0.4 is 0 Å². The predicted molar refractivity (Wildman–Crippen MR) is 75.5 cm³/mol. The fourth-order valence-corrected chi connectivity index (χ4v) is 2.28. The molecule has 0 aliphatic rings. The lowest BCUT2D eigenvalue weighted by atomic mass is 10.1. The summed E-state index contributed by atoms with van der Waals surface area (Å²) in [5.41, 5.74) is 5.59. The van der Waals surface area contributed by atoms with E-state index < -0.39 is 0 Å². The molecule has 0 saturated heterocycles. The molecule has 3 aromatic rings. The van der Waals surface area contributed by atoms with Crippen LogP contribution in [0, 0.1) is 13.8 Å². The van der Waals surface area contributed by atoms with E-state index >= 15 is 0 Å². The van der Waals surface area contributed by atoms with Crippen LogP contribution in [0.25, 0.3) is 16.9 Å². The van der Waals surface area contributed by atoms with Crippen LogP contribution in [-0.4, -0.2) is 15.7 Å². The van der Waals surface area contributed by atoms with Gasteiger partial charge in [0.05, 0.1) is 11.3 Å². The van der Waals surface area contributed by atoms with Crippen molar-refractivity contribution in [1.82, 2.24) is 9.38 Å². The molecule has 0 radical (unpaired) electrons. The summed E-state index contributed by atoms with van der Waals surface area (Å²) in [5.74, 6) is 0. The molecular weight excluding hydrogens is 236 g/mol. The summed E-state index contributed by atoms with van der Waals surface area (Å²) in [7, 11) is 0. The molecule has 0 amide bonds. The quantitative estimate of drug-likeness (QED) is 0.653. The van der Waals surface area contributed by atoms with Crippen molar-refractivity contribution in [3.8, 4) is 11.3 Å². The number of carbonyl (C=O) groups is 1. The minimum atomic E-state index is 0.615. The van der Waals surface area contributed by atoms with Crippen molar-refractivity contribution < 1.29 is 4.79 Å². The molecule has 2 heterocycles.